The van der Waals surface area contributed by atoms with Gasteiger partial charge in [0.1, 0.15) is 0 Å². The molecule has 0 unspecified atom stereocenters. The molecule has 0 aliphatic carbocycles. The van der Waals surface area contributed by atoms with Gasteiger partial charge >= 0.3 is 6.18 Å². The monoisotopic (exact) mass is 425 g/mol. The number of thioether (sulfide) groups is 1. The van der Waals surface area contributed by atoms with Gasteiger partial charge in [0.05, 0.1) is 26.8 Å². The highest BCUT2D eigenvalue weighted by Crippen LogP contribution is 2.42. The number of anilines is 1. The van der Waals surface area contributed by atoms with Gasteiger partial charge < -0.3 is 0 Å². The zero-order valence-electron chi connectivity index (χ0n) is 14.9. The second kappa shape index (κ2) is 7.64. The smallest absolute Gasteiger partial charge is 0.268 e. The van der Waals surface area contributed by atoms with Crippen LogP contribution in [0.1, 0.15) is 25.0 Å². The molecule has 0 saturated carbocycles. The lowest BCUT2D eigenvalue weighted by Crippen LogP contribution is -2.31. The Morgan fingerprint density at radius 1 is 1.00 bits per heavy atom. The standard InChI is InChI=1S/C20H15ClF3NO2S/c1-11(2)28-17-16(12-6-4-3-5-7-12)18(26)25(19(17)27)13-8-9-15(21)14(10-13)20(22,23)24/h3-11H,1-2H3. The van der Waals surface area contributed by atoms with Crippen molar-refractivity contribution in [3.05, 3.63) is 69.6 Å². The third-order valence-corrected chi connectivity index (χ3v) is 5.39. The minimum atomic E-state index is -4.70. The van der Waals surface area contributed by atoms with Crippen LogP contribution in [0, 0.1) is 0 Å². The molecule has 1 aliphatic rings. The Kier molecular flexibility index (Phi) is 5.59. The molecule has 3 nitrogen and oxygen atoms in total. The van der Waals surface area contributed by atoms with E-state index in [9.17, 15) is 22.8 Å². The van der Waals surface area contributed by atoms with Crippen molar-refractivity contribution < 1.29 is 22.8 Å². The van der Waals surface area contributed by atoms with Crippen LogP contribution in [0.15, 0.2) is 53.4 Å². The van der Waals surface area contributed by atoms with Gasteiger partial charge in [-0.15, -0.1) is 11.8 Å². The van der Waals surface area contributed by atoms with Gasteiger partial charge in [-0.05, 0) is 23.8 Å². The van der Waals surface area contributed by atoms with Crippen LogP contribution in [0.25, 0.3) is 5.57 Å². The number of hydrogen-bond donors (Lipinski definition) is 0. The van der Waals surface area contributed by atoms with Gasteiger partial charge in [0.15, 0.2) is 0 Å². The fourth-order valence-electron chi connectivity index (χ4n) is 2.82. The summed E-state index contributed by atoms with van der Waals surface area (Å²) in [5.41, 5.74) is -0.540. The number of hydrogen-bond acceptors (Lipinski definition) is 3. The first-order valence-electron chi connectivity index (χ1n) is 8.33. The Hall–Kier alpha value is -2.25. The topological polar surface area (TPSA) is 37.4 Å². The van der Waals surface area contributed by atoms with Crippen LogP contribution in [0.5, 0.6) is 0 Å². The molecule has 146 valence electrons. The van der Waals surface area contributed by atoms with Crippen LogP contribution < -0.4 is 4.90 Å². The molecule has 0 radical (unpaired) electrons. The largest absolute Gasteiger partial charge is 0.417 e. The molecule has 0 spiro atoms. The molecule has 0 fully saturated rings. The summed E-state index contributed by atoms with van der Waals surface area (Å²) in [7, 11) is 0. The summed E-state index contributed by atoms with van der Waals surface area (Å²) in [6.45, 7) is 3.73. The van der Waals surface area contributed by atoms with Gasteiger partial charge in [0.2, 0.25) is 0 Å². The zero-order chi connectivity index (χ0) is 20.6. The number of carbonyl (C=O) groups excluding carboxylic acids is 2. The summed E-state index contributed by atoms with van der Waals surface area (Å²) < 4.78 is 39.6. The summed E-state index contributed by atoms with van der Waals surface area (Å²) in [4.78, 5) is 27.1. The average Bonchev–Trinajstić information content (AvgIpc) is 2.85. The maximum Gasteiger partial charge on any atom is 0.417 e. The van der Waals surface area contributed by atoms with E-state index in [0.29, 0.717) is 5.56 Å². The molecule has 0 N–H and O–H groups in total. The Balaban J connectivity index is 2.12. The molecule has 1 heterocycles. The molecule has 0 saturated heterocycles. The third kappa shape index (κ3) is 3.82. The second-order valence-corrected chi connectivity index (χ2v) is 8.34. The van der Waals surface area contributed by atoms with E-state index in [2.05, 4.69) is 0 Å². The van der Waals surface area contributed by atoms with Gasteiger partial charge in [-0.3, -0.25) is 9.59 Å². The maximum absolute atomic E-state index is 13.2. The van der Waals surface area contributed by atoms with Gasteiger partial charge in [-0.1, -0.05) is 55.8 Å². The summed E-state index contributed by atoms with van der Waals surface area (Å²) in [5, 5.41) is -0.496. The Labute approximate surface area is 169 Å². The molecule has 8 heteroatoms. The van der Waals surface area contributed by atoms with Crippen molar-refractivity contribution in [1.82, 2.24) is 0 Å². The number of amides is 2. The third-order valence-electron chi connectivity index (χ3n) is 3.97. The van der Waals surface area contributed by atoms with Crippen LogP contribution in [0.4, 0.5) is 18.9 Å². The van der Waals surface area contributed by atoms with Crippen LogP contribution in [-0.2, 0) is 15.8 Å². The van der Waals surface area contributed by atoms with Crippen LogP contribution >= 0.6 is 23.4 Å². The van der Waals surface area contributed by atoms with Gasteiger partial charge in [0.25, 0.3) is 11.8 Å². The Bertz CT molecular complexity index is 971. The lowest BCUT2D eigenvalue weighted by Gasteiger charge is -2.18. The Morgan fingerprint density at radius 2 is 1.64 bits per heavy atom. The minimum absolute atomic E-state index is 0.00126. The molecule has 0 bridgehead atoms. The fraction of sp³-hybridized carbons (Fsp3) is 0.200. The van der Waals surface area contributed by atoms with E-state index in [0.717, 1.165) is 17.0 Å². The molecular formula is C20H15ClF3NO2S. The number of rotatable bonds is 4. The first kappa shape index (κ1) is 20.5. The summed E-state index contributed by atoms with van der Waals surface area (Å²) >= 11 is 6.87. The van der Waals surface area contributed by atoms with Crippen molar-refractivity contribution in [2.24, 2.45) is 0 Å². The van der Waals surface area contributed by atoms with Gasteiger partial charge in [0, 0.05) is 5.25 Å². The van der Waals surface area contributed by atoms with Crippen molar-refractivity contribution in [2.45, 2.75) is 25.3 Å². The molecule has 0 atom stereocenters. The van der Waals surface area contributed by atoms with E-state index in [4.69, 9.17) is 11.6 Å². The average molecular weight is 426 g/mol. The highest BCUT2D eigenvalue weighted by molar-refractivity contribution is 8.04. The predicted molar refractivity (Wildman–Crippen MR) is 105 cm³/mol. The van der Waals surface area contributed by atoms with E-state index in [1.807, 2.05) is 13.8 Å². The molecular weight excluding hydrogens is 411 g/mol. The van der Waals surface area contributed by atoms with E-state index in [1.54, 1.807) is 30.3 Å². The molecule has 2 aromatic carbocycles. The number of imide groups is 1. The summed E-state index contributed by atoms with van der Waals surface area (Å²) in [6.07, 6.45) is -4.70. The van der Waals surface area contributed by atoms with Crippen LogP contribution in [0.3, 0.4) is 0 Å². The van der Waals surface area contributed by atoms with Crippen LogP contribution in [0.2, 0.25) is 5.02 Å². The number of benzene rings is 2. The van der Waals surface area contributed by atoms with E-state index >= 15 is 0 Å². The minimum Gasteiger partial charge on any atom is -0.268 e. The van der Waals surface area contributed by atoms with E-state index in [-0.39, 0.29) is 21.4 Å². The maximum atomic E-state index is 13.2. The highest BCUT2D eigenvalue weighted by atomic mass is 35.5. The highest BCUT2D eigenvalue weighted by Gasteiger charge is 2.42. The number of halogens is 4. The lowest BCUT2D eigenvalue weighted by atomic mass is 10.1. The number of carbonyl (C=O) groups is 2. The molecule has 1 aliphatic heterocycles. The number of nitrogens with zero attached hydrogens (tertiary/aromatic N) is 1. The Morgan fingerprint density at radius 3 is 2.21 bits per heavy atom. The lowest BCUT2D eigenvalue weighted by molar-refractivity contribution is -0.137. The summed E-state index contributed by atoms with van der Waals surface area (Å²) in [5.74, 6) is -1.30. The van der Waals surface area contributed by atoms with Gasteiger partial charge in [-0.2, -0.15) is 13.2 Å². The van der Waals surface area contributed by atoms with E-state index < -0.39 is 28.6 Å². The normalized spacial score (nSPS) is 15.2. The number of alkyl halides is 3. The van der Waals surface area contributed by atoms with Crippen molar-refractivity contribution in [2.75, 3.05) is 4.90 Å². The first-order valence-corrected chi connectivity index (χ1v) is 9.59. The fourth-order valence-corrected chi connectivity index (χ4v) is 4.03. The quantitative estimate of drug-likeness (QED) is 0.582. The predicted octanol–water partition coefficient (Wildman–Crippen LogP) is 5.78. The molecule has 0 aromatic heterocycles. The van der Waals surface area contributed by atoms with Crippen molar-refractivity contribution in [3.8, 4) is 0 Å². The van der Waals surface area contributed by atoms with E-state index in [1.165, 1.54) is 17.8 Å². The van der Waals surface area contributed by atoms with Crippen molar-refractivity contribution in [3.63, 3.8) is 0 Å². The van der Waals surface area contributed by atoms with Gasteiger partial charge in [-0.25, -0.2) is 4.90 Å². The molecule has 2 amide bonds. The van der Waals surface area contributed by atoms with Crippen molar-refractivity contribution >= 4 is 46.4 Å². The molecule has 28 heavy (non-hydrogen) atoms. The summed E-state index contributed by atoms with van der Waals surface area (Å²) in [6, 6.07) is 11.6. The van der Waals surface area contributed by atoms with Crippen molar-refractivity contribution in [1.29, 1.82) is 0 Å². The SMILES string of the molecule is CC(C)SC1=C(c2ccccc2)C(=O)N(c2ccc(Cl)c(C(F)(F)F)c2)C1=O. The molecule has 2 aromatic rings. The first-order chi connectivity index (χ1) is 13.1. The second-order valence-electron chi connectivity index (χ2n) is 6.34. The van der Waals surface area contributed by atoms with Crippen LogP contribution in [-0.4, -0.2) is 17.1 Å². The molecule has 3 rings (SSSR count). The zero-order valence-corrected chi connectivity index (χ0v) is 16.5.